The van der Waals surface area contributed by atoms with E-state index in [1.165, 1.54) is 5.56 Å². The average molecular weight is 466 g/mol. The van der Waals surface area contributed by atoms with E-state index in [1.807, 2.05) is 67.6 Å². The molecule has 0 saturated heterocycles. The summed E-state index contributed by atoms with van der Waals surface area (Å²) < 4.78 is 1.04. The second-order valence-electron chi connectivity index (χ2n) is 7.98. The summed E-state index contributed by atoms with van der Waals surface area (Å²) in [6, 6.07) is 21.6. The first kappa shape index (κ1) is 21.7. The van der Waals surface area contributed by atoms with Crippen molar-refractivity contribution in [3.05, 3.63) is 102 Å². The van der Waals surface area contributed by atoms with Crippen LogP contribution in [0.3, 0.4) is 0 Å². The van der Waals surface area contributed by atoms with Gasteiger partial charge < -0.3 is 10.6 Å². The summed E-state index contributed by atoms with van der Waals surface area (Å²) in [6.07, 6.45) is 6.02. The predicted molar refractivity (Wildman–Crippen MR) is 138 cm³/mol. The van der Waals surface area contributed by atoms with E-state index in [1.54, 1.807) is 30.1 Å². The van der Waals surface area contributed by atoms with Gasteiger partial charge in [-0.25, -0.2) is 9.97 Å². The summed E-state index contributed by atoms with van der Waals surface area (Å²) in [4.78, 5) is 26.6. The highest BCUT2D eigenvalue weighted by Crippen LogP contribution is 2.35. The molecule has 6 nitrogen and oxygen atoms in total. The Morgan fingerprint density at radius 3 is 2.59 bits per heavy atom. The highest BCUT2D eigenvalue weighted by atomic mass is 32.1. The standard InChI is InChI=1S/C27H23N5OS/c1-18-3-2-4-21(15-18)27(33)32-22-7-5-19(6-8-22)9-14-29-26-25-23(30-17-31-26)16-24(34-25)20-10-12-28-13-11-20/h2-8,10-13,15-17H,9,14H2,1H3,(H,32,33)(H,29,30,31). The van der Waals surface area contributed by atoms with Crippen molar-refractivity contribution in [1.29, 1.82) is 0 Å². The zero-order valence-electron chi connectivity index (χ0n) is 18.7. The number of carbonyl (C=O) groups excluding carboxylic acids is 1. The van der Waals surface area contributed by atoms with Gasteiger partial charge >= 0.3 is 0 Å². The fourth-order valence-electron chi connectivity index (χ4n) is 3.71. The minimum atomic E-state index is -0.104. The summed E-state index contributed by atoms with van der Waals surface area (Å²) in [7, 11) is 0. The first-order chi connectivity index (χ1) is 16.7. The van der Waals surface area contributed by atoms with Gasteiger partial charge in [0.2, 0.25) is 0 Å². The molecule has 7 heteroatoms. The van der Waals surface area contributed by atoms with Crippen LogP contribution in [-0.2, 0) is 6.42 Å². The number of nitrogens with one attached hydrogen (secondary N) is 2. The molecule has 2 N–H and O–H groups in total. The van der Waals surface area contributed by atoms with Crippen LogP contribution in [0.2, 0.25) is 0 Å². The molecule has 0 unspecified atom stereocenters. The molecule has 2 aromatic carbocycles. The predicted octanol–water partition coefficient (Wildman–Crippen LogP) is 5.97. The van der Waals surface area contributed by atoms with Crippen molar-refractivity contribution in [1.82, 2.24) is 15.0 Å². The Hall–Kier alpha value is -4.10. The maximum absolute atomic E-state index is 12.4. The number of benzene rings is 2. The van der Waals surface area contributed by atoms with Crippen LogP contribution in [0.15, 0.2) is 85.5 Å². The lowest BCUT2D eigenvalue weighted by Gasteiger charge is -2.09. The zero-order valence-corrected chi connectivity index (χ0v) is 19.5. The first-order valence-corrected chi connectivity index (χ1v) is 11.8. The third-order valence-electron chi connectivity index (χ3n) is 5.47. The summed E-state index contributed by atoms with van der Waals surface area (Å²) in [5, 5.41) is 6.41. The van der Waals surface area contributed by atoms with Gasteiger partial charge in [0.05, 0.1) is 10.2 Å². The molecule has 0 atom stereocenters. The number of rotatable bonds is 7. The number of pyridine rings is 1. The van der Waals surface area contributed by atoms with Gasteiger partial charge in [-0.15, -0.1) is 11.3 Å². The number of thiophene rings is 1. The topological polar surface area (TPSA) is 79.8 Å². The molecule has 0 radical (unpaired) electrons. The molecule has 0 fully saturated rings. The average Bonchev–Trinajstić information content (AvgIpc) is 3.31. The monoisotopic (exact) mass is 465 g/mol. The summed E-state index contributed by atoms with van der Waals surface area (Å²) >= 11 is 1.67. The molecule has 0 aliphatic heterocycles. The lowest BCUT2D eigenvalue weighted by atomic mass is 10.1. The van der Waals surface area contributed by atoms with E-state index in [2.05, 4.69) is 31.7 Å². The Labute approximate surface area is 201 Å². The number of aryl methyl sites for hydroxylation is 1. The van der Waals surface area contributed by atoms with Crippen LogP contribution in [0.25, 0.3) is 20.7 Å². The molecule has 5 rings (SSSR count). The van der Waals surface area contributed by atoms with Crippen LogP contribution < -0.4 is 10.6 Å². The van der Waals surface area contributed by atoms with Crippen molar-refractivity contribution in [3.8, 4) is 10.4 Å². The van der Waals surface area contributed by atoms with Crippen LogP contribution >= 0.6 is 11.3 Å². The van der Waals surface area contributed by atoms with Gasteiger partial charge in [-0.05, 0) is 66.9 Å². The Morgan fingerprint density at radius 2 is 1.79 bits per heavy atom. The number of hydrogen-bond acceptors (Lipinski definition) is 6. The van der Waals surface area contributed by atoms with Crippen molar-refractivity contribution in [2.24, 2.45) is 0 Å². The molecule has 0 saturated carbocycles. The minimum Gasteiger partial charge on any atom is -0.368 e. The van der Waals surface area contributed by atoms with Crippen LogP contribution in [-0.4, -0.2) is 27.4 Å². The van der Waals surface area contributed by atoms with Crippen molar-refractivity contribution in [2.75, 3.05) is 17.2 Å². The Balaban J connectivity index is 1.20. The molecule has 3 heterocycles. The van der Waals surface area contributed by atoms with Gasteiger partial charge in [-0.1, -0.05) is 29.8 Å². The molecule has 5 aromatic rings. The lowest BCUT2D eigenvalue weighted by Crippen LogP contribution is -2.12. The molecule has 0 aliphatic rings. The highest BCUT2D eigenvalue weighted by Gasteiger charge is 2.10. The summed E-state index contributed by atoms with van der Waals surface area (Å²) in [5.74, 6) is 0.741. The molecular formula is C27H23N5OS. The largest absolute Gasteiger partial charge is 0.368 e. The molecular weight excluding hydrogens is 442 g/mol. The van der Waals surface area contributed by atoms with Crippen LogP contribution in [0.5, 0.6) is 0 Å². The van der Waals surface area contributed by atoms with E-state index in [9.17, 15) is 4.79 Å². The second kappa shape index (κ2) is 9.80. The second-order valence-corrected chi connectivity index (χ2v) is 9.03. The number of hydrogen-bond donors (Lipinski definition) is 2. The van der Waals surface area contributed by atoms with Gasteiger partial charge in [0, 0.05) is 35.1 Å². The maximum Gasteiger partial charge on any atom is 0.255 e. The first-order valence-electron chi connectivity index (χ1n) is 11.0. The van der Waals surface area contributed by atoms with Crippen molar-refractivity contribution in [2.45, 2.75) is 13.3 Å². The fourth-order valence-corrected chi connectivity index (χ4v) is 4.79. The number of amides is 1. The molecule has 168 valence electrons. The van der Waals surface area contributed by atoms with Crippen molar-refractivity contribution < 1.29 is 4.79 Å². The summed E-state index contributed by atoms with van der Waals surface area (Å²) in [5.41, 5.74) is 5.73. The van der Waals surface area contributed by atoms with E-state index in [0.29, 0.717) is 5.56 Å². The summed E-state index contributed by atoms with van der Waals surface area (Å²) in [6.45, 7) is 2.72. The van der Waals surface area contributed by atoms with E-state index in [-0.39, 0.29) is 5.91 Å². The van der Waals surface area contributed by atoms with Crippen molar-refractivity contribution >= 4 is 39.0 Å². The van der Waals surface area contributed by atoms with E-state index in [0.717, 1.165) is 50.7 Å². The molecule has 0 bridgehead atoms. The molecule has 34 heavy (non-hydrogen) atoms. The molecule has 0 aliphatic carbocycles. The highest BCUT2D eigenvalue weighted by molar-refractivity contribution is 7.22. The Kier molecular flexibility index (Phi) is 6.27. The van der Waals surface area contributed by atoms with Gasteiger partial charge in [-0.2, -0.15) is 0 Å². The van der Waals surface area contributed by atoms with Gasteiger partial charge in [0.25, 0.3) is 5.91 Å². The number of fused-ring (bicyclic) bond motifs is 1. The number of aromatic nitrogens is 3. The normalized spacial score (nSPS) is 10.9. The third kappa shape index (κ3) is 4.94. The molecule has 0 spiro atoms. The van der Waals surface area contributed by atoms with E-state index in [4.69, 9.17) is 0 Å². The van der Waals surface area contributed by atoms with Gasteiger partial charge in [0.1, 0.15) is 12.1 Å². The SMILES string of the molecule is Cc1cccc(C(=O)Nc2ccc(CCNc3ncnc4cc(-c5ccncc5)sc34)cc2)c1. The van der Waals surface area contributed by atoms with E-state index >= 15 is 0 Å². The van der Waals surface area contributed by atoms with Crippen LogP contribution in [0, 0.1) is 6.92 Å². The number of nitrogens with zero attached hydrogens (tertiary/aromatic N) is 3. The van der Waals surface area contributed by atoms with Gasteiger partial charge in [-0.3, -0.25) is 9.78 Å². The third-order valence-corrected chi connectivity index (χ3v) is 6.65. The minimum absolute atomic E-state index is 0.104. The van der Waals surface area contributed by atoms with E-state index < -0.39 is 0 Å². The van der Waals surface area contributed by atoms with Crippen LogP contribution in [0.4, 0.5) is 11.5 Å². The number of carbonyl (C=O) groups is 1. The lowest BCUT2D eigenvalue weighted by molar-refractivity contribution is 0.102. The number of anilines is 2. The zero-order chi connectivity index (χ0) is 23.3. The Bertz CT molecular complexity index is 1430. The molecule has 3 aromatic heterocycles. The fraction of sp³-hybridized carbons (Fsp3) is 0.111. The van der Waals surface area contributed by atoms with Crippen molar-refractivity contribution in [3.63, 3.8) is 0 Å². The maximum atomic E-state index is 12.4. The van der Waals surface area contributed by atoms with Crippen LogP contribution in [0.1, 0.15) is 21.5 Å². The smallest absolute Gasteiger partial charge is 0.255 e. The quantitative estimate of drug-likeness (QED) is 0.310. The van der Waals surface area contributed by atoms with Gasteiger partial charge in [0.15, 0.2) is 0 Å². The Morgan fingerprint density at radius 1 is 0.971 bits per heavy atom. The molecule has 1 amide bonds.